The van der Waals surface area contributed by atoms with Gasteiger partial charge in [-0.1, -0.05) is 0 Å². The van der Waals surface area contributed by atoms with Crippen LogP contribution in [0.1, 0.15) is 15.9 Å². The van der Waals surface area contributed by atoms with E-state index >= 15 is 0 Å². The molecule has 21 heavy (non-hydrogen) atoms. The van der Waals surface area contributed by atoms with Gasteiger partial charge >= 0.3 is 0 Å². The monoisotopic (exact) mass is 289 g/mol. The highest BCUT2D eigenvalue weighted by Crippen LogP contribution is 2.38. The van der Waals surface area contributed by atoms with E-state index in [2.05, 4.69) is 9.97 Å². The Morgan fingerprint density at radius 1 is 1.10 bits per heavy atom. The Bertz CT molecular complexity index is 648. The summed E-state index contributed by atoms with van der Waals surface area (Å²) in [6.07, 6.45) is 2.65. The maximum atomic E-state index is 12.5. The SMILES string of the molecule is COc1cc(C(=O)c2cncnc2N)cc(OC)c1OC. The Hall–Kier alpha value is -2.83. The number of benzene rings is 1. The Kier molecular flexibility index (Phi) is 4.22. The summed E-state index contributed by atoms with van der Waals surface area (Å²) in [6, 6.07) is 3.10. The number of nitrogens with zero attached hydrogens (tertiary/aromatic N) is 2. The molecule has 110 valence electrons. The summed E-state index contributed by atoms with van der Waals surface area (Å²) in [5.41, 5.74) is 6.25. The number of hydrogen-bond donors (Lipinski definition) is 1. The Balaban J connectivity index is 2.54. The van der Waals surface area contributed by atoms with Crippen LogP contribution >= 0.6 is 0 Å². The van der Waals surface area contributed by atoms with Crippen molar-refractivity contribution >= 4 is 11.6 Å². The first-order chi connectivity index (χ1) is 10.1. The number of aromatic nitrogens is 2. The van der Waals surface area contributed by atoms with Crippen LogP contribution in [0.3, 0.4) is 0 Å². The molecular weight excluding hydrogens is 274 g/mol. The molecule has 0 aliphatic rings. The summed E-state index contributed by atoms with van der Waals surface area (Å²) < 4.78 is 15.6. The number of nitrogens with two attached hydrogens (primary N) is 1. The fourth-order valence-electron chi connectivity index (χ4n) is 1.88. The molecule has 0 unspecified atom stereocenters. The summed E-state index contributed by atoms with van der Waals surface area (Å²) in [7, 11) is 4.45. The van der Waals surface area contributed by atoms with Gasteiger partial charge in [0.05, 0.1) is 26.9 Å². The highest BCUT2D eigenvalue weighted by Gasteiger charge is 2.19. The Morgan fingerprint density at radius 2 is 1.71 bits per heavy atom. The first-order valence-corrected chi connectivity index (χ1v) is 6.02. The van der Waals surface area contributed by atoms with Crippen LogP contribution in [-0.2, 0) is 0 Å². The summed E-state index contributed by atoms with van der Waals surface area (Å²) in [4.78, 5) is 20.1. The molecule has 2 rings (SSSR count). The van der Waals surface area contributed by atoms with Gasteiger partial charge in [0.2, 0.25) is 5.75 Å². The third-order valence-electron chi connectivity index (χ3n) is 2.91. The van der Waals surface area contributed by atoms with Crippen molar-refractivity contribution in [3.05, 3.63) is 35.8 Å². The number of ketones is 1. The number of hydrogen-bond acceptors (Lipinski definition) is 7. The average molecular weight is 289 g/mol. The molecule has 0 radical (unpaired) electrons. The molecule has 0 fully saturated rings. The molecule has 0 saturated carbocycles. The second-order valence-corrected chi connectivity index (χ2v) is 4.06. The van der Waals surface area contributed by atoms with Crippen molar-refractivity contribution in [1.29, 1.82) is 0 Å². The van der Waals surface area contributed by atoms with E-state index in [9.17, 15) is 4.79 Å². The second kappa shape index (κ2) is 6.08. The lowest BCUT2D eigenvalue weighted by atomic mass is 10.0. The minimum absolute atomic E-state index is 0.115. The van der Waals surface area contributed by atoms with Crippen LogP contribution in [0.5, 0.6) is 17.2 Å². The fraction of sp³-hybridized carbons (Fsp3) is 0.214. The number of methoxy groups -OCH3 is 3. The summed E-state index contributed by atoms with van der Waals surface area (Å²) in [6.45, 7) is 0. The molecule has 1 heterocycles. The van der Waals surface area contributed by atoms with E-state index < -0.39 is 0 Å². The molecule has 1 aromatic heterocycles. The van der Waals surface area contributed by atoms with E-state index in [-0.39, 0.29) is 17.2 Å². The van der Waals surface area contributed by atoms with Gasteiger partial charge in [0.25, 0.3) is 0 Å². The first kappa shape index (κ1) is 14.6. The van der Waals surface area contributed by atoms with Crippen molar-refractivity contribution in [2.24, 2.45) is 0 Å². The maximum Gasteiger partial charge on any atom is 0.203 e. The van der Waals surface area contributed by atoms with Gasteiger partial charge in [-0.2, -0.15) is 0 Å². The minimum Gasteiger partial charge on any atom is -0.493 e. The quantitative estimate of drug-likeness (QED) is 0.829. The predicted molar refractivity (Wildman–Crippen MR) is 76.0 cm³/mol. The lowest BCUT2D eigenvalue weighted by Gasteiger charge is -2.13. The van der Waals surface area contributed by atoms with Gasteiger partial charge in [0.1, 0.15) is 12.1 Å². The van der Waals surface area contributed by atoms with Crippen LogP contribution in [0.25, 0.3) is 0 Å². The van der Waals surface area contributed by atoms with Crippen molar-refractivity contribution < 1.29 is 19.0 Å². The Morgan fingerprint density at radius 3 is 2.19 bits per heavy atom. The number of carbonyl (C=O) groups is 1. The Labute approximate surface area is 121 Å². The van der Waals surface area contributed by atoms with Crippen molar-refractivity contribution in [3.8, 4) is 17.2 Å². The topological polar surface area (TPSA) is 96.6 Å². The number of carbonyl (C=O) groups excluding carboxylic acids is 1. The van der Waals surface area contributed by atoms with E-state index in [4.69, 9.17) is 19.9 Å². The van der Waals surface area contributed by atoms with Crippen molar-refractivity contribution in [1.82, 2.24) is 9.97 Å². The van der Waals surface area contributed by atoms with Crippen molar-refractivity contribution in [3.63, 3.8) is 0 Å². The molecule has 0 amide bonds. The zero-order valence-corrected chi connectivity index (χ0v) is 11.9. The fourth-order valence-corrected chi connectivity index (χ4v) is 1.88. The molecule has 0 bridgehead atoms. The van der Waals surface area contributed by atoms with Gasteiger partial charge in [-0.15, -0.1) is 0 Å². The van der Waals surface area contributed by atoms with Crippen LogP contribution in [0.2, 0.25) is 0 Å². The first-order valence-electron chi connectivity index (χ1n) is 6.02. The van der Waals surface area contributed by atoms with E-state index in [1.54, 1.807) is 12.1 Å². The molecule has 7 nitrogen and oxygen atoms in total. The van der Waals surface area contributed by atoms with Gasteiger partial charge in [0, 0.05) is 11.8 Å². The molecule has 0 atom stereocenters. The predicted octanol–water partition coefficient (Wildman–Crippen LogP) is 1.32. The van der Waals surface area contributed by atoms with Crippen LogP contribution in [0.4, 0.5) is 5.82 Å². The van der Waals surface area contributed by atoms with Crippen molar-refractivity contribution in [2.75, 3.05) is 27.1 Å². The number of nitrogen functional groups attached to an aromatic ring is 1. The van der Waals surface area contributed by atoms with Gasteiger partial charge < -0.3 is 19.9 Å². The molecule has 0 aliphatic heterocycles. The minimum atomic E-state index is -0.327. The molecule has 2 aromatic rings. The standard InChI is InChI=1S/C14H15N3O4/c1-19-10-4-8(5-11(20-2)13(10)21-3)12(18)9-6-16-7-17-14(9)15/h4-7H,1-3H3,(H2,15,16,17). The normalized spacial score (nSPS) is 10.0. The highest BCUT2D eigenvalue weighted by atomic mass is 16.5. The van der Waals surface area contributed by atoms with Crippen LogP contribution in [0, 0.1) is 0 Å². The lowest BCUT2D eigenvalue weighted by Crippen LogP contribution is -2.08. The summed E-state index contributed by atoms with van der Waals surface area (Å²) >= 11 is 0. The molecule has 7 heteroatoms. The van der Waals surface area contributed by atoms with Gasteiger partial charge in [0.15, 0.2) is 17.3 Å². The van der Waals surface area contributed by atoms with Gasteiger partial charge in [-0.05, 0) is 12.1 Å². The zero-order chi connectivity index (χ0) is 15.4. The molecule has 0 aliphatic carbocycles. The van der Waals surface area contributed by atoms with E-state index in [1.165, 1.54) is 33.9 Å². The molecule has 0 saturated heterocycles. The van der Waals surface area contributed by atoms with Crippen LogP contribution < -0.4 is 19.9 Å². The second-order valence-electron chi connectivity index (χ2n) is 4.06. The smallest absolute Gasteiger partial charge is 0.203 e. The molecular formula is C14H15N3O4. The highest BCUT2D eigenvalue weighted by molar-refractivity contribution is 6.12. The molecule has 2 N–H and O–H groups in total. The summed E-state index contributed by atoms with van der Waals surface area (Å²) in [5.74, 6) is 0.969. The third-order valence-corrected chi connectivity index (χ3v) is 2.91. The number of rotatable bonds is 5. The third kappa shape index (κ3) is 2.71. The lowest BCUT2D eigenvalue weighted by molar-refractivity contribution is 0.103. The van der Waals surface area contributed by atoms with E-state index in [0.717, 1.165) is 0 Å². The van der Waals surface area contributed by atoms with Gasteiger partial charge in [-0.25, -0.2) is 9.97 Å². The van der Waals surface area contributed by atoms with E-state index in [0.29, 0.717) is 22.8 Å². The largest absolute Gasteiger partial charge is 0.493 e. The van der Waals surface area contributed by atoms with Crippen molar-refractivity contribution in [2.45, 2.75) is 0 Å². The zero-order valence-electron chi connectivity index (χ0n) is 11.9. The molecule has 0 spiro atoms. The van der Waals surface area contributed by atoms with Crippen LogP contribution in [0.15, 0.2) is 24.7 Å². The average Bonchev–Trinajstić information content (AvgIpc) is 2.53. The van der Waals surface area contributed by atoms with Crippen LogP contribution in [-0.4, -0.2) is 37.1 Å². The summed E-state index contributed by atoms with van der Waals surface area (Å²) in [5, 5.41) is 0. The maximum absolute atomic E-state index is 12.5. The molecule has 1 aromatic carbocycles. The number of ether oxygens (including phenoxy) is 3. The van der Waals surface area contributed by atoms with Gasteiger partial charge in [-0.3, -0.25) is 4.79 Å². The number of anilines is 1. The van der Waals surface area contributed by atoms with E-state index in [1.807, 2.05) is 0 Å².